The Kier molecular flexibility index (Phi) is 4.05. The van der Waals surface area contributed by atoms with E-state index in [1.54, 1.807) is 19.0 Å². The van der Waals surface area contributed by atoms with Gasteiger partial charge >= 0.3 is 5.97 Å². The van der Waals surface area contributed by atoms with Gasteiger partial charge in [-0.25, -0.2) is 14.7 Å². The maximum Gasteiger partial charge on any atom is 0.345 e. The molecule has 0 saturated heterocycles. The van der Waals surface area contributed by atoms with E-state index in [-0.39, 0.29) is 12.4 Å². The van der Waals surface area contributed by atoms with E-state index in [0.717, 1.165) is 0 Å². The molecule has 0 atom stereocenters. The Bertz CT molecular complexity index is 325. The largest absolute Gasteiger partial charge is 0.345 e. The third kappa shape index (κ3) is 4.42. The molecule has 0 aliphatic carbocycles. The summed E-state index contributed by atoms with van der Waals surface area (Å²) in [5, 5.41) is 0. The topological polar surface area (TPSA) is 41.6 Å². The number of carbonyl (C=O) groups is 1. The monoisotopic (exact) mass is 212 g/mol. The molecule has 4 nitrogen and oxygen atoms in total. The van der Waals surface area contributed by atoms with E-state index < -0.39 is 5.97 Å². The summed E-state index contributed by atoms with van der Waals surface area (Å²) >= 11 is 0. The van der Waals surface area contributed by atoms with E-state index in [1.807, 2.05) is 0 Å². The predicted octanol–water partition coefficient (Wildman–Crippen LogP) is 1.26. The molecule has 0 saturated carbocycles. The van der Waals surface area contributed by atoms with Gasteiger partial charge < -0.3 is 4.84 Å². The van der Waals surface area contributed by atoms with Gasteiger partial charge in [-0.2, -0.15) is 0 Å². The summed E-state index contributed by atoms with van der Waals surface area (Å²) in [5.41, 5.74) is 2.97. The quantitative estimate of drug-likeness (QED) is 0.763. The fraction of sp³-hybridized carbons (Fsp3) is 0.300. The van der Waals surface area contributed by atoms with Crippen molar-refractivity contribution in [3.8, 4) is 0 Å². The fourth-order valence-corrected chi connectivity index (χ4v) is 0.924. The summed E-state index contributed by atoms with van der Waals surface area (Å²) in [4.78, 5) is 17.5. The van der Waals surface area contributed by atoms with Crippen molar-refractivity contribution < 1.29 is 14.0 Å². The van der Waals surface area contributed by atoms with Crippen LogP contribution in [0, 0.1) is 5.82 Å². The molecule has 0 fully saturated rings. The summed E-state index contributed by atoms with van der Waals surface area (Å²) in [5.74, 6) is -0.732. The van der Waals surface area contributed by atoms with E-state index in [1.165, 1.54) is 24.3 Å². The summed E-state index contributed by atoms with van der Waals surface area (Å²) in [7, 11) is 3.53. The standard InChI is InChI=1S/C10H13FN2O2/c1-13(2)7-10(14)15-12-9-5-3-8(11)4-6-9/h3-6,12H,7H2,1-2H3. The van der Waals surface area contributed by atoms with Gasteiger partial charge in [0.1, 0.15) is 5.82 Å². The molecule has 1 aromatic rings. The van der Waals surface area contributed by atoms with Crippen LogP contribution in [0.25, 0.3) is 0 Å². The molecule has 0 amide bonds. The number of anilines is 1. The first-order valence-electron chi connectivity index (χ1n) is 4.44. The number of nitrogens with zero attached hydrogens (tertiary/aromatic N) is 1. The summed E-state index contributed by atoms with van der Waals surface area (Å²) < 4.78 is 12.5. The number of likely N-dealkylation sites (N-methyl/N-ethyl adjacent to an activating group) is 1. The summed E-state index contributed by atoms with van der Waals surface area (Å²) in [6, 6.07) is 5.53. The highest BCUT2D eigenvalue weighted by Crippen LogP contribution is 2.07. The van der Waals surface area contributed by atoms with Crippen LogP contribution in [0.1, 0.15) is 0 Å². The van der Waals surface area contributed by atoms with Crippen LogP contribution < -0.4 is 5.48 Å². The van der Waals surface area contributed by atoms with Crippen molar-refractivity contribution in [2.24, 2.45) is 0 Å². The highest BCUT2D eigenvalue weighted by molar-refractivity contribution is 5.72. The zero-order valence-electron chi connectivity index (χ0n) is 8.66. The SMILES string of the molecule is CN(C)CC(=O)ONc1ccc(F)cc1. The number of rotatable bonds is 4. The van der Waals surface area contributed by atoms with Crippen LogP contribution in [0.3, 0.4) is 0 Å². The molecule has 0 radical (unpaired) electrons. The van der Waals surface area contributed by atoms with E-state index >= 15 is 0 Å². The van der Waals surface area contributed by atoms with Gasteiger partial charge in [0.25, 0.3) is 0 Å². The van der Waals surface area contributed by atoms with Crippen LogP contribution in [-0.2, 0) is 9.63 Å². The predicted molar refractivity (Wildman–Crippen MR) is 54.7 cm³/mol. The number of halogens is 1. The number of hydrogen-bond acceptors (Lipinski definition) is 4. The van der Waals surface area contributed by atoms with Gasteiger partial charge in [0, 0.05) is 0 Å². The molecular weight excluding hydrogens is 199 g/mol. The fourth-order valence-electron chi connectivity index (χ4n) is 0.924. The minimum Gasteiger partial charge on any atom is -0.342 e. The molecule has 82 valence electrons. The number of hydrogen-bond donors (Lipinski definition) is 1. The molecule has 0 spiro atoms. The number of nitrogens with one attached hydrogen (secondary N) is 1. The van der Waals surface area contributed by atoms with Gasteiger partial charge in [-0.15, -0.1) is 0 Å². The lowest BCUT2D eigenvalue weighted by Crippen LogP contribution is -2.25. The molecular formula is C10H13FN2O2. The average molecular weight is 212 g/mol. The lowest BCUT2D eigenvalue weighted by atomic mass is 10.3. The molecule has 0 bridgehead atoms. The van der Waals surface area contributed by atoms with Crippen LogP contribution in [0.2, 0.25) is 0 Å². The Morgan fingerprint density at radius 1 is 1.40 bits per heavy atom. The minimum absolute atomic E-state index is 0.189. The summed E-state index contributed by atoms with van der Waals surface area (Å²) in [6.07, 6.45) is 0. The lowest BCUT2D eigenvalue weighted by molar-refractivity contribution is -0.141. The number of benzene rings is 1. The van der Waals surface area contributed by atoms with E-state index in [0.29, 0.717) is 5.69 Å². The van der Waals surface area contributed by atoms with Gasteiger partial charge in [-0.1, -0.05) is 0 Å². The molecule has 1 aromatic carbocycles. The Morgan fingerprint density at radius 2 is 2.00 bits per heavy atom. The van der Waals surface area contributed by atoms with Crippen LogP contribution in [0.5, 0.6) is 0 Å². The first-order valence-corrected chi connectivity index (χ1v) is 4.44. The first-order chi connectivity index (χ1) is 7.08. The van der Waals surface area contributed by atoms with E-state index in [2.05, 4.69) is 5.48 Å². The zero-order valence-corrected chi connectivity index (χ0v) is 8.66. The normalized spacial score (nSPS) is 10.1. The lowest BCUT2D eigenvalue weighted by Gasteiger charge is -2.10. The number of carbonyl (C=O) groups excluding carboxylic acids is 1. The second-order valence-corrected chi connectivity index (χ2v) is 3.32. The Morgan fingerprint density at radius 3 is 2.53 bits per heavy atom. The van der Waals surface area contributed by atoms with Crippen molar-refractivity contribution in [2.75, 3.05) is 26.1 Å². The Labute approximate surface area is 87.6 Å². The van der Waals surface area contributed by atoms with Gasteiger partial charge in [0.15, 0.2) is 0 Å². The smallest absolute Gasteiger partial charge is 0.342 e. The van der Waals surface area contributed by atoms with Crippen LogP contribution in [-0.4, -0.2) is 31.5 Å². The molecule has 0 unspecified atom stereocenters. The van der Waals surface area contributed by atoms with Crippen molar-refractivity contribution in [1.29, 1.82) is 0 Å². The Balaban J connectivity index is 2.37. The second kappa shape index (κ2) is 5.31. The molecule has 1 rings (SSSR count). The molecule has 0 aliphatic heterocycles. The third-order valence-corrected chi connectivity index (χ3v) is 1.57. The van der Waals surface area contributed by atoms with E-state index in [9.17, 15) is 9.18 Å². The molecule has 5 heteroatoms. The summed E-state index contributed by atoms with van der Waals surface area (Å²) in [6.45, 7) is 0.189. The van der Waals surface area contributed by atoms with Crippen molar-refractivity contribution >= 4 is 11.7 Å². The second-order valence-electron chi connectivity index (χ2n) is 3.32. The zero-order chi connectivity index (χ0) is 11.3. The highest BCUT2D eigenvalue weighted by atomic mass is 19.1. The third-order valence-electron chi connectivity index (χ3n) is 1.57. The molecule has 0 aliphatic rings. The molecule has 1 N–H and O–H groups in total. The van der Waals surface area contributed by atoms with Crippen LogP contribution in [0.4, 0.5) is 10.1 Å². The van der Waals surface area contributed by atoms with Crippen molar-refractivity contribution in [1.82, 2.24) is 4.90 Å². The van der Waals surface area contributed by atoms with Gasteiger partial charge in [-0.3, -0.25) is 4.90 Å². The van der Waals surface area contributed by atoms with Crippen LogP contribution in [0.15, 0.2) is 24.3 Å². The van der Waals surface area contributed by atoms with Crippen molar-refractivity contribution in [2.45, 2.75) is 0 Å². The van der Waals surface area contributed by atoms with E-state index in [4.69, 9.17) is 4.84 Å². The average Bonchev–Trinajstić information content (AvgIpc) is 2.16. The molecule has 0 heterocycles. The minimum atomic E-state index is -0.399. The van der Waals surface area contributed by atoms with Crippen LogP contribution >= 0.6 is 0 Å². The Hall–Kier alpha value is -1.62. The first kappa shape index (κ1) is 11.5. The maximum atomic E-state index is 12.5. The van der Waals surface area contributed by atoms with Crippen molar-refractivity contribution in [3.05, 3.63) is 30.1 Å². The molecule has 15 heavy (non-hydrogen) atoms. The maximum absolute atomic E-state index is 12.5. The molecule has 0 aromatic heterocycles. The van der Waals surface area contributed by atoms with Crippen molar-refractivity contribution in [3.63, 3.8) is 0 Å². The van der Waals surface area contributed by atoms with Gasteiger partial charge in [-0.05, 0) is 38.4 Å². The van der Waals surface area contributed by atoms with Gasteiger partial charge in [0.05, 0.1) is 12.2 Å². The van der Waals surface area contributed by atoms with Gasteiger partial charge in [0.2, 0.25) is 0 Å². The highest BCUT2D eigenvalue weighted by Gasteiger charge is 2.04.